The highest BCUT2D eigenvalue weighted by molar-refractivity contribution is 7.18. The van der Waals surface area contributed by atoms with E-state index in [1.54, 1.807) is 32.9 Å². The van der Waals surface area contributed by atoms with E-state index in [1.165, 1.54) is 18.4 Å². The van der Waals surface area contributed by atoms with Crippen LogP contribution in [0.2, 0.25) is 0 Å². The van der Waals surface area contributed by atoms with Gasteiger partial charge in [-0.15, -0.1) is 11.3 Å². The van der Waals surface area contributed by atoms with E-state index >= 15 is 0 Å². The fraction of sp³-hybridized carbons (Fsp3) is 0.278. The van der Waals surface area contributed by atoms with Crippen molar-refractivity contribution in [1.82, 2.24) is 0 Å². The smallest absolute Gasteiger partial charge is 0.348 e. The van der Waals surface area contributed by atoms with Gasteiger partial charge in [0.2, 0.25) is 5.91 Å². The van der Waals surface area contributed by atoms with Gasteiger partial charge in [0.15, 0.2) is 0 Å². The maximum Gasteiger partial charge on any atom is 0.348 e. The molecule has 0 bridgehead atoms. The van der Waals surface area contributed by atoms with Gasteiger partial charge in [-0.2, -0.15) is 0 Å². The van der Waals surface area contributed by atoms with Crippen LogP contribution >= 0.6 is 11.3 Å². The molecular weight excluding hydrogens is 358 g/mol. The molecule has 0 aliphatic rings. The third-order valence-electron chi connectivity index (χ3n) is 3.27. The number of esters is 2. The molecule has 0 saturated heterocycles. The van der Waals surface area contributed by atoms with E-state index in [2.05, 4.69) is 5.32 Å². The second-order valence-corrected chi connectivity index (χ2v) is 6.06. The molecule has 1 N–H and O–H groups in total. The van der Waals surface area contributed by atoms with Crippen LogP contribution in [0.5, 0.6) is 0 Å². The number of rotatable bonds is 7. The van der Waals surface area contributed by atoms with Crippen LogP contribution in [0.1, 0.15) is 45.2 Å². The Morgan fingerprint density at radius 3 is 2.50 bits per heavy atom. The summed E-state index contributed by atoms with van der Waals surface area (Å²) in [7, 11) is 0. The van der Waals surface area contributed by atoms with Crippen LogP contribution in [0.25, 0.3) is 6.08 Å². The molecule has 2 heterocycles. The number of ether oxygens (including phenoxy) is 2. The van der Waals surface area contributed by atoms with Gasteiger partial charge >= 0.3 is 11.9 Å². The van der Waals surface area contributed by atoms with Crippen molar-refractivity contribution in [2.45, 2.75) is 20.8 Å². The number of carbonyl (C=O) groups is 3. The molecule has 0 aliphatic carbocycles. The Morgan fingerprint density at radius 1 is 1.19 bits per heavy atom. The van der Waals surface area contributed by atoms with Crippen molar-refractivity contribution in [3.8, 4) is 0 Å². The highest BCUT2D eigenvalue weighted by atomic mass is 32.1. The third kappa shape index (κ3) is 4.60. The van der Waals surface area contributed by atoms with Crippen LogP contribution in [0.4, 0.5) is 5.00 Å². The molecule has 0 atom stereocenters. The Labute approximate surface area is 154 Å². The Morgan fingerprint density at radius 2 is 1.88 bits per heavy atom. The second-order valence-electron chi connectivity index (χ2n) is 5.04. The van der Waals surface area contributed by atoms with Crippen molar-refractivity contribution in [3.63, 3.8) is 0 Å². The van der Waals surface area contributed by atoms with Gasteiger partial charge < -0.3 is 19.2 Å². The Hall–Kier alpha value is -2.87. The fourth-order valence-corrected chi connectivity index (χ4v) is 3.23. The number of nitrogens with one attached hydrogen (secondary N) is 1. The lowest BCUT2D eigenvalue weighted by Crippen LogP contribution is -2.12. The maximum absolute atomic E-state index is 12.3. The molecule has 2 aromatic heterocycles. The van der Waals surface area contributed by atoms with Crippen molar-refractivity contribution in [2.75, 3.05) is 18.5 Å². The first-order valence-electron chi connectivity index (χ1n) is 7.98. The van der Waals surface area contributed by atoms with E-state index in [9.17, 15) is 14.4 Å². The number of amides is 1. The van der Waals surface area contributed by atoms with E-state index < -0.39 is 17.8 Å². The first-order chi connectivity index (χ1) is 12.5. The molecule has 0 radical (unpaired) electrons. The Balaban J connectivity index is 2.29. The van der Waals surface area contributed by atoms with E-state index in [0.717, 1.165) is 11.3 Å². The minimum absolute atomic E-state index is 0.152. The summed E-state index contributed by atoms with van der Waals surface area (Å²) in [4.78, 5) is 36.7. The lowest BCUT2D eigenvalue weighted by Gasteiger charge is -2.05. The Kier molecular flexibility index (Phi) is 6.74. The van der Waals surface area contributed by atoms with Crippen LogP contribution in [-0.4, -0.2) is 31.1 Å². The fourth-order valence-electron chi connectivity index (χ4n) is 2.14. The molecular formula is C18H19NO6S. The highest BCUT2D eigenvalue weighted by Gasteiger charge is 2.26. The van der Waals surface area contributed by atoms with Crippen LogP contribution in [0.3, 0.4) is 0 Å². The third-order valence-corrected chi connectivity index (χ3v) is 4.45. The highest BCUT2D eigenvalue weighted by Crippen LogP contribution is 2.34. The molecule has 0 fully saturated rings. The molecule has 7 nitrogen and oxygen atoms in total. The van der Waals surface area contributed by atoms with Crippen molar-refractivity contribution < 1.29 is 28.3 Å². The number of hydrogen-bond donors (Lipinski definition) is 1. The van der Waals surface area contributed by atoms with Crippen LogP contribution in [-0.2, 0) is 14.3 Å². The molecule has 0 aromatic carbocycles. The van der Waals surface area contributed by atoms with E-state index in [1.807, 2.05) is 0 Å². The monoisotopic (exact) mass is 377 g/mol. The summed E-state index contributed by atoms with van der Waals surface area (Å²) < 4.78 is 15.1. The van der Waals surface area contributed by atoms with Gasteiger partial charge in [-0.05, 0) is 44.5 Å². The van der Waals surface area contributed by atoms with Gasteiger partial charge in [-0.25, -0.2) is 9.59 Å². The van der Waals surface area contributed by atoms with Crippen molar-refractivity contribution in [3.05, 3.63) is 46.2 Å². The van der Waals surface area contributed by atoms with Crippen molar-refractivity contribution in [2.24, 2.45) is 0 Å². The van der Waals surface area contributed by atoms with Gasteiger partial charge in [0.25, 0.3) is 0 Å². The molecule has 0 spiro atoms. The minimum Gasteiger partial charge on any atom is -0.465 e. The van der Waals surface area contributed by atoms with Gasteiger partial charge in [-0.3, -0.25) is 4.79 Å². The summed E-state index contributed by atoms with van der Waals surface area (Å²) >= 11 is 0.975. The number of hydrogen-bond acceptors (Lipinski definition) is 7. The summed E-state index contributed by atoms with van der Waals surface area (Å²) in [5.41, 5.74) is 0.567. The topological polar surface area (TPSA) is 94.8 Å². The molecule has 0 saturated carbocycles. The summed E-state index contributed by atoms with van der Waals surface area (Å²) in [5, 5.41) is 2.85. The Bertz CT molecular complexity index is 819. The predicted molar refractivity (Wildman–Crippen MR) is 97.3 cm³/mol. The first-order valence-corrected chi connectivity index (χ1v) is 8.79. The average molecular weight is 377 g/mol. The largest absolute Gasteiger partial charge is 0.465 e. The van der Waals surface area contributed by atoms with Crippen LogP contribution in [0, 0.1) is 6.92 Å². The number of thiophene rings is 1. The van der Waals surface area contributed by atoms with Crippen molar-refractivity contribution in [1.29, 1.82) is 0 Å². The molecule has 0 aliphatic heterocycles. The van der Waals surface area contributed by atoms with Gasteiger partial charge in [-0.1, -0.05) is 0 Å². The lowest BCUT2D eigenvalue weighted by molar-refractivity contribution is -0.111. The normalized spacial score (nSPS) is 10.7. The second kappa shape index (κ2) is 9.00. The number of furan rings is 1. The molecule has 138 valence electrons. The molecule has 0 unspecified atom stereocenters. The average Bonchev–Trinajstić information content (AvgIpc) is 3.21. The van der Waals surface area contributed by atoms with E-state index in [0.29, 0.717) is 11.3 Å². The van der Waals surface area contributed by atoms with Crippen LogP contribution in [0.15, 0.2) is 28.9 Å². The first kappa shape index (κ1) is 19.5. The van der Waals surface area contributed by atoms with E-state index in [-0.39, 0.29) is 28.7 Å². The van der Waals surface area contributed by atoms with Gasteiger partial charge in [0, 0.05) is 6.08 Å². The lowest BCUT2D eigenvalue weighted by atomic mass is 10.1. The maximum atomic E-state index is 12.3. The quantitative estimate of drug-likeness (QED) is 0.584. The predicted octanol–water partition coefficient (Wildman–Crippen LogP) is 3.65. The molecule has 26 heavy (non-hydrogen) atoms. The molecule has 2 aromatic rings. The zero-order chi connectivity index (χ0) is 19.1. The van der Waals surface area contributed by atoms with Crippen molar-refractivity contribution >= 4 is 40.3 Å². The zero-order valence-corrected chi connectivity index (χ0v) is 15.5. The molecule has 8 heteroatoms. The number of anilines is 1. The standard InChI is InChI=1S/C18H19NO6S/c1-4-23-17(21)14-11(3)15(18(22)24-5-2)26-16(14)19-13(20)9-8-12-7-6-10-25-12/h6-10H,4-5H2,1-3H3,(H,19,20). The van der Waals surface area contributed by atoms with Gasteiger partial charge in [0.1, 0.15) is 15.6 Å². The molecule has 1 amide bonds. The summed E-state index contributed by atoms with van der Waals surface area (Å²) in [6.45, 7) is 5.36. The summed E-state index contributed by atoms with van der Waals surface area (Å²) in [5.74, 6) is -1.11. The van der Waals surface area contributed by atoms with Gasteiger partial charge in [0.05, 0.1) is 25.0 Å². The SMILES string of the molecule is CCOC(=O)c1sc(NC(=O)C=Cc2ccco2)c(C(=O)OCC)c1C. The number of carbonyl (C=O) groups excluding carboxylic acids is 3. The minimum atomic E-state index is -0.609. The van der Waals surface area contributed by atoms with Crippen LogP contribution < -0.4 is 5.32 Å². The molecule has 2 rings (SSSR count). The van der Waals surface area contributed by atoms with E-state index in [4.69, 9.17) is 13.9 Å². The summed E-state index contributed by atoms with van der Waals surface area (Å²) in [6.07, 6.45) is 4.25. The zero-order valence-electron chi connectivity index (χ0n) is 14.7. The summed E-state index contributed by atoms with van der Waals surface area (Å²) in [6, 6.07) is 3.40.